The first kappa shape index (κ1) is 17.9. The van der Waals surface area contributed by atoms with E-state index < -0.39 is 34.4 Å². The normalized spacial score (nSPS) is 43.2. The number of Topliss-reactive ketones (excluding diaryl/α,β-unsaturated/α-hetero) is 1. The van der Waals surface area contributed by atoms with E-state index in [1.54, 1.807) is 0 Å². The Morgan fingerprint density at radius 1 is 1.26 bits per heavy atom. The summed E-state index contributed by atoms with van der Waals surface area (Å²) >= 11 is 5.93. The van der Waals surface area contributed by atoms with Gasteiger partial charge in [-0.05, 0) is 61.7 Å². The van der Waals surface area contributed by atoms with Crippen LogP contribution < -0.4 is 0 Å². The molecule has 5 atom stereocenters. The molecule has 1 aliphatic heterocycles. The van der Waals surface area contributed by atoms with E-state index in [-0.39, 0.29) is 24.7 Å². The maximum atomic E-state index is 12.6. The fraction of sp³-hybridized carbons (Fsp3) is 0.714. The predicted molar refractivity (Wildman–Crippen MR) is 98.0 cm³/mol. The molecule has 5 aliphatic rings. The molecule has 0 bridgehead atoms. The minimum absolute atomic E-state index is 0.0382. The van der Waals surface area contributed by atoms with Gasteiger partial charge in [-0.25, -0.2) is 0 Å². The molecule has 0 radical (unpaired) electrons. The van der Waals surface area contributed by atoms with Gasteiger partial charge in [-0.1, -0.05) is 6.08 Å². The van der Waals surface area contributed by atoms with E-state index in [0.717, 1.165) is 44.1 Å². The number of carbonyl (C=O) groups is 2. The van der Waals surface area contributed by atoms with Crippen molar-refractivity contribution < 1.29 is 24.5 Å². The zero-order valence-electron chi connectivity index (χ0n) is 15.3. The molecule has 4 fully saturated rings. The lowest BCUT2D eigenvalue weighted by Gasteiger charge is -2.41. The topological polar surface area (TPSA) is 83.8 Å². The molecule has 6 heteroatoms. The van der Waals surface area contributed by atoms with E-state index in [4.69, 9.17) is 16.3 Å². The van der Waals surface area contributed by atoms with Gasteiger partial charge < -0.3 is 14.9 Å². The zero-order chi connectivity index (χ0) is 19.0. The molecule has 4 aliphatic carbocycles. The number of ether oxygens (including phenoxy) is 1. The van der Waals surface area contributed by atoms with Crippen LogP contribution in [0.25, 0.3) is 0 Å². The van der Waals surface area contributed by atoms with E-state index >= 15 is 0 Å². The number of ketones is 1. The largest absolute Gasteiger partial charge is 0.453 e. The lowest BCUT2D eigenvalue weighted by molar-refractivity contribution is -0.200. The van der Waals surface area contributed by atoms with Crippen molar-refractivity contribution in [1.82, 2.24) is 0 Å². The van der Waals surface area contributed by atoms with Crippen LogP contribution in [0.4, 0.5) is 0 Å². The molecule has 1 spiro atoms. The van der Waals surface area contributed by atoms with Crippen molar-refractivity contribution in [3.63, 3.8) is 0 Å². The average Bonchev–Trinajstić information content (AvgIpc) is 2.94. The van der Waals surface area contributed by atoms with E-state index in [0.29, 0.717) is 6.42 Å². The number of halogens is 1. The number of esters is 1. The molecule has 5 rings (SSSR count). The van der Waals surface area contributed by atoms with E-state index in [2.05, 4.69) is 6.08 Å². The number of aliphatic hydroxyl groups is 2. The highest BCUT2D eigenvalue weighted by Gasteiger charge is 3.06. The van der Waals surface area contributed by atoms with Crippen molar-refractivity contribution in [2.75, 3.05) is 12.5 Å². The Labute approximate surface area is 163 Å². The van der Waals surface area contributed by atoms with Crippen LogP contribution in [0.5, 0.6) is 0 Å². The summed E-state index contributed by atoms with van der Waals surface area (Å²) in [5, 5.41) is 21.9. The highest BCUT2D eigenvalue weighted by molar-refractivity contribution is 6.18. The molecule has 0 amide bonds. The third kappa shape index (κ3) is 1.72. The van der Waals surface area contributed by atoms with E-state index in [9.17, 15) is 19.8 Å². The number of hydrogen-bond acceptors (Lipinski definition) is 5. The van der Waals surface area contributed by atoms with Crippen LogP contribution >= 0.6 is 11.6 Å². The number of fused-ring (bicyclic) bond motifs is 2. The molecule has 0 aromatic rings. The third-order valence-electron chi connectivity index (χ3n) is 8.09. The highest BCUT2D eigenvalue weighted by Crippen LogP contribution is 2.89. The van der Waals surface area contributed by atoms with E-state index in [1.165, 1.54) is 11.1 Å². The van der Waals surface area contributed by atoms with Crippen LogP contribution in [0.3, 0.4) is 0 Å². The quantitative estimate of drug-likeness (QED) is 0.554. The molecule has 146 valence electrons. The Bertz CT molecular complexity index is 800. The lowest BCUT2D eigenvalue weighted by Crippen LogP contribution is -2.55. The predicted octanol–water partition coefficient (Wildman–Crippen LogP) is 2.43. The smallest absolute Gasteiger partial charge is 0.318 e. The van der Waals surface area contributed by atoms with Crippen LogP contribution in [-0.2, 0) is 14.3 Å². The first-order valence-electron chi connectivity index (χ1n) is 10.0. The summed E-state index contributed by atoms with van der Waals surface area (Å²) in [6, 6.07) is 0. The van der Waals surface area contributed by atoms with Gasteiger partial charge in [0.25, 0.3) is 0 Å². The SMILES string of the molecule is O=C1CC23C(=O)OC2(C(O)C2=C4CCCCC4=CCC2)[C@@]3(CO)[C@H]1CCCl. The van der Waals surface area contributed by atoms with Crippen LogP contribution in [0.2, 0.25) is 0 Å². The maximum Gasteiger partial charge on any atom is 0.318 e. The summed E-state index contributed by atoms with van der Waals surface area (Å²) in [6.07, 6.45) is 7.60. The van der Waals surface area contributed by atoms with E-state index in [1.807, 2.05) is 0 Å². The molecule has 27 heavy (non-hydrogen) atoms. The Balaban J connectivity index is 1.59. The van der Waals surface area contributed by atoms with Gasteiger partial charge in [0.05, 0.1) is 12.0 Å². The molecule has 2 N–H and O–H groups in total. The highest BCUT2D eigenvalue weighted by atomic mass is 35.5. The lowest BCUT2D eigenvalue weighted by atomic mass is 9.74. The summed E-state index contributed by atoms with van der Waals surface area (Å²) in [6.45, 7) is -0.339. The molecule has 3 unspecified atom stereocenters. The van der Waals surface area contributed by atoms with Gasteiger partial charge in [-0.15, -0.1) is 11.6 Å². The summed E-state index contributed by atoms with van der Waals surface area (Å²) in [7, 11) is 0. The molecule has 1 heterocycles. The van der Waals surface area contributed by atoms with Crippen molar-refractivity contribution in [2.45, 2.75) is 63.1 Å². The second-order valence-electron chi connectivity index (χ2n) is 8.71. The molecule has 5 nitrogen and oxygen atoms in total. The first-order chi connectivity index (χ1) is 13.0. The second kappa shape index (κ2) is 5.68. The summed E-state index contributed by atoms with van der Waals surface area (Å²) in [5.74, 6) is -0.739. The minimum atomic E-state index is -1.15. The molecule has 3 saturated carbocycles. The van der Waals surface area contributed by atoms with Crippen molar-refractivity contribution in [2.24, 2.45) is 16.7 Å². The Hall–Kier alpha value is -1.17. The van der Waals surface area contributed by atoms with Gasteiger partial charge in [-0.3, -0.25) is 9.59 Å². The van der Waals surface area contributed by atoms with Crippen molar-refractivity contribution >= 4 is 23.4 Å². The minimum Gasteiger partial charge on any atom is -0.453 e. The van der Waals surface area contributed by atoms with Crippen LogP contribution in [0, 0.1) is 16.7 Å². The fourth-order valence-electron chi connectivity index (χ4n) is 7.03. The molecule has 0 aromatic carbocycles. The number of allylic oxidation sites excluding steroid dienone is 3. The standard InChI is InChI=1S/C21H25ClO5/c22-9-8-15-16(24)10-19-18(26)27-21(19,20(15,19)11-23)17(25)14-7-3-5-12-4-1-2-6-13(12)14/h5,15,17,23,25H,1-4,6-11H2/t15-,17?,19?,20-,21?/m0/s1. The first-order valence-corrected chi connectivity index (χ1v) is 10.6. The van der Waals surface area contributed by atoms with Crippen molar-refractivity contribution in [3.05, 3.63) is 22.8 Å². The molecule has 0 aromatic heterocycles. The summed E-state index contributed by atoms with van der Waals surface area (Å²) in [4.78, 5) is 25.1. The van der Waals surface area contributed by atoms with Gasteiger partial charge in [0, 0.05) is 18.2 Å². The summed E-state index contributed by atoms with van der Waals surface area (Å²) in [5.41, 5.74) is 0.245. The Kier molecular flexibility index (Phi) is 3.76. The van der Waals surface area contributed by atoms with Crippen LogP contribution in [0.1, 0.15) is 51.4 Å². The number of carbonyl (C=O) groups excluding carboxylic acids is 2. The zero-order valence-corrected chi connectivity index (χ0v) is 16.1. The van der Waals surface area contributed by atoms with Gasteiger partial charge in [0.2, 0.25) is 0 Å². The second-order valence-corrected chi connectivity index (χ2v) is 9.09. The van der Waals surface area contributed by atoms with Crippen LogP contribution in [-0.4, -0.2) is 46.2 Å². The van der Waals surface area contributed by atoms with Crippen molar-refractivity contribution in [1.29, 1.82) is 0 Å². The Morgan fingerprint density at radius 2 is 2.04 bits per heavy atom. The number of hydrogen-bond donors (Lipinski definition) is 2. The monoisotopic (exact) mass is 392 g/mol. The van der Waals surface area contributed by atoms with Gasteiger partial charge >= 0.3 is 5.97 Å². The number of alkyl halides is 1. The van der Waals surface area contributed by atoms with Crippen molar-refractivity contribution in [3.8, 4) is 0 Å². The summed E-state index contributed by atoms with van der Waals surface area (Å²) < 4.78 is 5.67. The maximum absolute atomic E-state index is 12.6. The Morgan fingerprint density at radius 3 is 2.74 bits per heavy atom. The average molecular weight is 393 g/mol. The fourth-order valence-corrected chi connectivity index (χ4v) is 7.24. The van der Waals surface area contributed by atoms with Gasteiger partial charge in [0.1, 0.15) is 17.3 Å². The number of aliphatic hydroxyl groups excluding tert-OH is 2. The van der Waals surface area contributed by atoms with Crippen LogP contribution in [0.15, 0.2) is 22.8 Å². The molecule has 1 saturated heterocycles. The van der Waals surface area contributed by atoms with Gasteiger partial charge in [-0.2, -0.15) is 0 Å². The molecular formula is C21H25ClO5. The molecular weight excluding hydrogens is 368 g/mol. The number of rotatable bonds is 5. The third-order valence-corrected chi connectivity index (χ3v) is 8.30. The van der Waals surface area contributed by atoms with Gasteiger partial charge in [0.15, 0.2) is 5.60 Å².